The predicted octanol–water partition coefficient (Wildman–Crippen LogP) is 5.77. The first kappa shape index (κ1) is 21.3. The van der Waals surface area contributed by atoms with E-state index in [4.69, 9.17) is 21.7 Å². The number of hydrogen-bond donors (Lipinski definition) is 0. The lowest BCUT2D eigenvalue weighted by Crippen LogP contribution is -2.27. The molecule has 2 aromatic carbocycles. The van der Waals surface area contributed by atoms with Gasteiger partial charge in [0.25, 0.3) is 5.91 Å². The van der Waals surface area contributed by atoms with Crippen LogP contribution in [-0.2, 0) is 4.79 Å². The van der Waals surface area contributed by atoms with Gasteiger partial charge >= 0.3 is 5.97 Å². The average molecular weight is 468 g/mol. The Morgan fingerprint density at radius 3 is 2.61 bits per heavy atom. The number of rotatable bonds is 6. The van der Waals surface area contributed by atoms with Gasteiger partial charge in [0.2, 0.25) is 0 Å². The minimum absolute atomic E-state index is 0.174. The maximum Gasteiger partial charge on any atom is 0.353 e. The van der Waals surface area contributed by atoms with E-state index in [1.54, 1.807) is 36.4 Å². The summed E-state index contributed by atoms with van der Waals surface area (Å²) in [5, 5.41) is 1.81. The largest absolute Gasteiger partial charge is 0.490 e. The summed E-state index contributed by atoms with van der Waals surface area (Å²) in [5.41, 5.74) is 1.48. The summed E-state index contributed by atoms with van der Waals surface area (Å²) in [6, 6.07) is 18.0. The second-order valence-corrected chi connectivity index (χ2v) is 8.98. The third-order valence-corrected chi connectivity index (χ3v) is 6.45. The maximum absolute atomic E-state index is 12.9. The number of ether oxygens (including phenoxy) is 2. The van der Waals surface area contributed by atoms with Gasteiger partial charge < -0.3 is 9.47 Å². The van der Waals surface area contributed by atoms with Crippen LogP contribution in [0.15, 0.2) is 70.9 Å². The Morgan fingerprint density at radius 2 is 1.90 bits per heavy atom. The highest BCUT2D eigenvalue weighted by atomic mass is 32.2. The van der Waals surface area contributed by atoms with E-state index in [9.17, 15) is 9.59 Å². The quantitative estimate of drug-likeness (QED) is 0.198. The summed E-state index contributed by atoms with van der Waals surface area (Å²) in [7, 11) is 0. The molecule has 8 heteroatoms. The minimum Gasteiger partial charge on any atom is -0.490 e. The van der Waals surface area contributed by atoms with Gasteiger partial charge in [-0.2, -0.15) is 0 Å². The Bertz CT molecular complexity index is 1160. The van der Waals surface area contributed by atoms with Gasteiger partial charge in [0.15, 0.2) is 15.8 Å². The number of benzene rings is 2. The van der Waals surface area contributed by atoms with Crippen molar-refractivity contribution < 1.29 is 19.1 Å². The number of hydrogen-bond acceptors (Lipinski definition) is 7. The van der Waals surface area contributed by atoms with Crippen molar-refractivity contribution in [1.29, 1.82) is 0 Å². The van der Waals surface area contributed by atoms with Crippen LogP contribution >= 0.6 is 35.3 Å². The normalized spacial score (nSPS) is 14.9. The fraction of sp³-hybridized carbons (Fsp3) is 0.0870. The molecular formula is C23H17NO4S3. The van der Waals surface area contributed by atoms with Crippen molar-refractivity contribution >= 4 is 63.3 Å². The lowest BCUT2D eigenvalue weighted by Gasteiger charge is -2.13. The Hall–Kier alpha value is -2.94. The van der Waals surface area contributed by atoms with E-state index in [2.05, 4.69) is 0 Å². The fourth-order valence-corrected chi connectivity index (χ4v) is 4.83. The Kier molecular flexibility index (Phi) is 6.50. The van der Waals surface area contributed by atoms with Crippen molar-refractivity contribution in [2.75, 3.05) is 11.5 Å². The monoisotopic (exact) mass is 467 g/mol. The number of anilines is 1. The summed E-state index contributed by atoms with van der Waals surface area (Å²) in [4.78, 5) is 27.8. The first-order valence-corrected chi connectivity index (χ1v) is 11.5. The molecule has 2 heterocycles. The molecule has 31 heavy (non-hydrogen) atoms. The van der Waals surface area contributed by atoms with E-state index in [1.807, 2.05) is 42.6 Å². The highest BCUT2D eigenvalue weighted by Crippen LogP contribution is 2.37. The molecule has 0 spiro atoms. The molecule has 156 valence electrons. The van der Waals surface area contributed by atoms with Gasteiger partial charge in [-0.05, 0) is 54.3 Å². The number of thiocarbonyl (C=S) groups is 1. The van der Waals surface area contributed by atoms with Gasteiger partial charge in [0.1, 0.15) is 4.88 Å². The summed E-state index contributed by atoms with van der Waals surface area (Å²) in [6.07, 6.45) is 1.76. The molecule has 4 rings (SSSR count). The minimum atomic E-state index is -0.438. The highest BCUT2D eigenvalue weighted by molar-refractivity contribution is 8.27. The maximum atomic E-state index is 12.9. The van der Waals surface area contributed by atoms with Gasteiger partial charge in [-0.25, -0.2) is 4.79 Å². The summed E-state index contributed by atoms with van der Waals surface area (Å²) in [5.74, 6) is 0.147. The van der Waals surface area contributed by atoms with E-state index >= 15 is 0 Å². The van der Waals surface area contributed by atoms with E-state index in [-0.39, 0.29) is 5.91 Å². The predicted molar refractivity (Wildman–Crippen MR) is 129 cm³/mol. The molecule has 0 saturated carbocycles. The number of amides is 1. The molecule has 0 radical (unpaired) electrons. The van der Waals surface area contributed by atoms with Gasteiger partial charge in [0, 0.05) is 0 Å². The molecule has 0 N–H and O–H groups in total. The summed E-state index contributed by atoms with van der Waals surface area (Å²) < 4.78 is 11.7. The standard InChI is InChI=1S/C23H17NO4S3/c1-2-27-18-13-15(10-11-17(18)28-22(26)19-9-6-12-30-19)14-20-21(25)24(23(29)31-20)16-7-4-3-5-8-16/h3-14H,2H2,1H3. The van der Waals surface area contributed by atoms with Crippen LogP contribution in [0.4, 0.5) is 5.69 Å². The third-order valence-electron chi connectivity index (χ3n) is 4.30. The molecule has 1 saturated heterocycles. The molecule has 1 aliphatic rings. The molecule has 5 nitrogen and oxygen atoms in total. The molecular weight excluding hydrogens is 450 g/mol. The zero-order valence-electron chi connectivity index (χ0n) is 16.4. The lowest BCUT2D eigenvalue weighted by molar-refractivity contribution is -0.113. The molecule has 0 unspecified atom stereocenters. The van der Waals surface area contributed by atoms with Crippen molar-refractivity contribution in [2.45, 2.75) is 6.92 Å². The molecule has 0 bridgehead atoms. The van der Waals surface area contributed by atoms with Crippen molar-refractivity contribution in [2.24, 2.45) is 0 Å². The fourth-order valence-electron chi connectivity index (χ4n) is 2.93. The van der Waals surface area contributed by atoms with E-state index in [0.717, 1.165) is 11.3 Å². The van der Waals surface area contributed by atoms with Crippen LogP contribution in [-0.4, -0.2) is 22.8 Å². The third kappa shape index (κ3) is 4.71. The van der Waals surface area contributed by atoms with Gasteiger partial charge in [-0.15, -0.1) is 11.3 Å². The number of esters is 1. The van der Waals surface area contributed by atoms with Crippen LogP contribution in [0.1, 0.15) is 22.2 Å². The van der Waals surface area contributed by atoms with Crippen LogP contribution in [0.25, 0.3) is 6.08 Å². The van der Waals surface area contributed by atoms with E-state index in [0.29, 0.717) is 32.2 Å². The second-order valence-electron chi connectivity index (χ2n) is 6.36. The van der Waals surface area contributed by atoms with Crippen molar-refractivity contribution in [3.05, 3.63) is 81.4 Å². The molecule has 1 aromatic heterocycles. The molecule has 0 aliphatic carbocycles. The van der Waals surface area contributed by atoms with Crippen LogP contribution in [0, 0.1) is 0 Å². The topological polar surface area (TPSA) is 55.8 Å². The summed E-state index contributed by atoms with van der Waals surface area (Å²) >= 11 is 7.97. The summed E-state index contributed by atoms with van der Waals surface area (Å²) in [6.45, 7) is 2.26. The first-order valence-electron chi connectivity index (χ1n) is 9.42. The Balaban J connectivity index is 1.59. The van der Waals surface area contributed by atoms with Gasteiger partial charge in [0.05, 0.1) is 17.2 Å². The van der Waals surface area contributed by atoms with Crippen LogP contribution in [0.3, 0.4) is 0 Å². The smallest absolute Gasteiger partial charge is 0.353 e. The van der Waals surface area contributed by atoms with Crippen LogP contribution in [0.2, 0.25) is 0 Å². The first-order chi connectivity index (χ1) is 15.1. The number of para-hydroxylation sites is 1. The second kappa shape index (κ2) is 9.47. The molecule has 1 aliphatic heterocycles. The number of nitrogens with zero attached hydrogens (tertiary/aromatic N) is 1. The number of carbonyl (C=O) groups excluding carboxylic acids is 2. The van der Waals surface area contributed by atoms with Crippen molar-refractivity contribution in [3.63, 3.8) is 0 Å². The number of thioether (sulfide) groups is 1. The van der Waals surface area contributed by atoms with Crippen LogP contribution in [0.5, 0.6) is 11.5 Å². The highest BCUT2D eigenvalue weighted by Gasteiger charge is 2.33. The van der Waals surface area contributed by atoms with Crippen molar-refractivity contribution in [3.8, 4) is 11.5 Å². The molecule has 3 aromatic rings. The van der Waals surface area contributed by atoms with Crippen molar-refractivity contribution in [1.82, 2.24) is 0 Å². The van der Waals surface area contributed by atoms with E-state index < -0.39 is 5.97 Å². The Labute approximate surface area is 193 Å². The number of thiophene rings is 1. The zero-order chi connectivity index (χ0) is 21.8. The SMILES string of the molecule is CCOc1cc(C=C2SC(=S)N(c3ccccc3)C2=O)ccc1OC(=O)c1cccs1. The molecule has 0 atom stereocenters. The number of carbonyl (C=O) groups is 2. The molecule has 1 amide bonds. The zero-order valence-corrected chi connectivity index (χ0v) is 18.9. The Morgan fingerprint density at radius 1 is 1.10 bits per heavy atom. The van der Waals surface area contributed by atoms with E-state index in [1.165, 1.54) is 28.0 Å². The molecule has 1 fully saturated rings. The van der Waals surface area contributed by atoms with Crippen LogP contribution < -0.4 is 14.4 Å². The van der Waals surface area contributed by atoms with Gasteiger partial charge in [-0.1, -0.05) is 54.3 Å². The average Bonchev–Trinajstić information content (AvgIpc) is 3.39. The lowest BCUT2D eigenvalue weighted by atomic mass is 10.1. The van der Waals surface area contributed by atoms with Gasteiger partial charge in [-0.3, -0.25) is 9.69 Å².